The molecule has 7 nitrogen and oxygen atoms in total. The van der Waals surface area contributed by atoms with Crippen LogP contribution in [0.2, 0.25) is 0 Å². The van der Waals surface area contributed by atoms with E-state index in [2.05, 4.69) is 10.3 Å². The van der Waals surface area contributed by atoms with Crippen molar-refractivity contribution in [2.45, 2.75) is 44.7 Å². The van der Waals surface area contributed by atoms with Gasteiger partial charge in [-0.05, 0) is 37.5 Å². The molecule has 29 heavy (non-hydrogen) atoms. The number of fused-ring (bicyclic) bond motifs is 1. The summed E-state index contributed by atoms with van der Waals surface area (Å²) in [6.07, 6.45) is 6.09. The van der Waals surface area contributed by atoms with E-state index in [0.29, 0.717) is 5.75 Å². The number of piperidine rings is 1. The molecular weight excluding hydrogens is 368 g/mol. The van der Waals surface area contributed by atoms with Crippen LogP contribution in [0.25, 0.3) is 0 Å². The fraction of sp³-hybridized carbons (Fsp3) is 0.500. The first-order valence-electron chi connectivity index (χ1n) is 10.3. The van der Waals surface area contributed by atoms with Gasteiger partial charge in [0, 0.05) is 49.1 Å². The molecule has 7 heteroatoms. The Bertz CT molecular complexity index is 886. The number of ether oxygens (including phenoxy) is 2. The SMILES string of the molecule is COc1ccc(OC)c(CC(=O)N2CCCC[C@@H]2c2ncc3c(n2)CCNC3)c1. The monoisotopic (exact) mass is 396 g/mol. The van der Waals surface area contributed by atoms with Crippen LogP contribution in [0.4, 0.5) is 0 Å². The van der Waals surface area contributed by atoms with E-state index >= 15 is 0 Å². The van der Waals surface area contributed by atoms with Crippen LogP contribution in [0, 0.1) is 0 Å². The van der Waals surface area contributed by atoms with E-state index in [-0.39, 0.29) is 18.4 Å². The van der Waals surface area contributed by atoms with Crippen LogP contribution in [0.1, 0.15) is 47.9 Å². The van der Waals surface area contributed by atoms with Crippen molar-refractivity contribution in [3.05, 3.63) is 47.0 Å². The minimum absolute atomic E-state index is 0.0620. The Labute approximate surface area is 171 Å². The molecule has 0 radical (unpaired) electrons. The van der Waals surface area contributed by atoms with Crippen LogP contribution >= 0.6 is 0 Å². The molecule has 0 saturated carbocycles. The lowest BCUT2D eigenvalue weighted by Crippen LogP contribution is -2.40. The van der Waals surface area contributed by atoms with Crippen LogP contribution in [-0.4, -0.2) is 48.1 Å². The second-order valence-electron chi connectivity index (χ2n) is 7.58. The van der Waals surface area contributed by atoms with Crippen molar-refractivity contribution in [3.8, 4) is 11.5 Å². The number of nitrogens with zero attached hydrogens (tertiary/aromatic N) is 3. The number of methoxy groups -OCH3 is 2. The summed E-state index contributed by atoms with van der Waals surface area (Å²) in [6, 6.07) is 5.49. The molecule has 0 spiro atoms. The molecule has 4 rings (SSSR count). The number of amides is 1. The molecular formula is C22H28N4O3. The van der Waals surface area contributed by atoms with Crippen LogP contribution in [0.15, 0.2) is 24.4 Å². The zero-order chi connectivity index (χ0) is 20.2. The lowest BCUT2D eigenvalue weighted by molar-refractivity contribution is -0.134. The van der Waals surface area contributed by atoms with Gasteiger partial charge < -0.3 is 19.7 Å². The van der Waals surface area contributed by atoms with Crippen molar-refractivity contribution in [2.24, 2.45) is 0 Å². The minimum Gasteiger partial charge on any atom is -0.497 e. The van der Waals surface area contributed by atoms with Gasteiger partial charge in [0.2, 0.25) is 5.91 Å². The van der Waals surface area contributed by atoms with E-state index in [1.807, 2.05) is 29.3 Å². The molecule has 3 heterocycles. The molecule has 0 aliphatic carbocycles. The summed E-state index contributed by atoms with van der Waals surface area (Å²) in [5.74, 6) is 2.27. The molecule has 0 unspecified atom stereocenters. The highest BCUT2D eigenvalue weighted by molar-refractivity contribution is 5.80. The highest BCUT2D eigenvalue weighted by Gasteiger charge is 2.31. The molecule has 1 amide bonds. The number of nitrogens with one attached hydrogen (secondary N) is 1. The fourth-order valence-electron chi connectivity index (χ4n) is 4.20. The first-order chi connectivity index (χ1) is 14.2. The maximum absolute atomic E-state index is 13.3. The summed E-state index contributed by atoms with van der Waals surface area (Å²) in [7, 11) is 3.24. The normalized spacial score (nSPS) is 18.8. The summed E-state index contributed by atoms with van der Waals surface area (Å²) in [5, 5.41) is 3.35. The zero-order valence-electron chi connectivity index (χ0n) is 17.1. The zero-order valence-corrected chi connectivity index (χ0v) is 17.1. The predicted octanol–water partition coefficient (Wildman–Crippen LogP) is 2.44. The predicted molar refractivity (Wildman–Crippen MR) is 109 cm³/mol. The summed E-state index contributed by atoms with van der Waals surface area (Å²) < 4.78 is 10.8. The van der Waals surface area contributed by atoms with Crippen molar-refractivity contribution in [1.82, 2.24) is 20.2 Å². The molecule has 1 fully saturated rings. The lowest BCUT2D eigenvalue weighted by atomic mass is 9.99. The van der Waals surface area contributed by atoms with Gasteiger partial charge in [-0.2, -0.15) is 0 Å². The summed E-state index contributed by atoms with van der Waals surface area (Å²) in [6.45, 7) is 2.49. The van der Waals surface area contributed by atoms with Crippen molar-refractivity contribution >= 4 is 5.91 Å². The van der Waals surface area contributed by atoms with Crippen LogP contribution in [-0.2, 0) is 24.2 Å². The van der Waals surface area contributed by atoms with Gasteiger partial charge in [0.05, 0.1) is 26.7 Å². The van der Waals surface area contributed by atoms with E-state index in [9.17, 15) is 4.79 Å². The van der Waals surface area contributed by atoms with Gasteiger partial charge >= 0.3 is 0 Å². The quantitative estimate of drug-likeness (QED) is 0.837. The Hall–Kier alpha value is -2.67. The molecule has 1 atom stereocenters. The van der Waals surface area contributed by atoms with E-state index in [1.165, 1.54) is 0 Å². The van der Waals surface area contributed by atoms with Gasteiger partial charge in [-0.3, -0.25) is 4.79 Å². The minimum atomic E-state index is -0.0620. The van der Waals surface area contributed by atoms with Crippen molar-refractivity contribution in [2.75, 3.05) is 27.3 Å². The molecule has 1 aromatic carbocycles. The van der Waals surface area contributed by atoms with Gasteiger partial charge in [-0.15, -0.1) is 0 Å². The first-order valence-corrected chi connectivity index (χ1v) is 10.3. The maximum Gasteiger partial charge on any atom is 0.227 e. The second-order valence-corrected chi connectivity index (χ2v) is 7.58. The van der Waals surface area contributed by atoms with E-state index < -0.39 is 0 Å². The summed E-state index contributed by atoms with van der Waals surface area (Å²) in [4.78, 5) is 24.7. The van der Waals surface area contributed by atoms with Crippen LogP contribution < -0.4 is 14.8 Å². The Morgan fingerprint density at radius 3 is 3.00 bits per heavy atom. The third kappa shape index (κ3) is 4.19. The average Bonchev–Trinajstić information content (AvgIpc) is 2.78. The van der Waals surface area contributed by atoms with E-state index in [4.69, 9.17) is 14.5 Å². The molecule has 0 bridgehead atoms. The Balaban J connectivity index is 1.57. The maximum atomic E-state index is 13.3. The van der Waals surface area contributed by atoms with Crippen molar-refractivity contribution in [1.29, 1.82) is 0 Å². The molecule has 1 saturated heterocycles. The number of rotatable bonds is 5. The molecule has 2 aromatic rings. The third-order valence-electron chi connectivity index (χ3n) is 5.78. The number of carbonyl (C=O) groups excluding carboxylic acids is 1. The first kappa shape index (κ1) is 19.6. The van der Waals surface area contributed by atoms with Crippen LogP contribution in [0.5, 0.6) is 11.5 Å². The number of carbonyl (C=O) groups is 1. The number of hydrogen-bond donors (Lipinski definition) is 1. The fourth-order valence-corrected chi connectivity index (χ4v) is 4.20. The lowest BCUT2D eigenvalue weighted by Gasteiger charge is -2.35. The highest BCUT2D eigenvalue weighted by atomic mass is 16.5. The van der Waals surface area contributed by atoms with Gasteiger partial charge in [0.15, 0.2) is 5.82 Å². The number of likely N-dealkylation sites (tertiary alicyclic amines) is 1. The largest absolute Gasteiger partial charge is 0.497 e. The summed E-state index contributed by atoms with van der Waals surface area (Å²) in [5.41, 5.74) is 3.11. The second kappa shape index (κ2) is 8.78. The Morgan fingerprint density at radius 2 is 2.17 bits per heavy atom. The molecule has 2 aliphatic heterocycles. The molecule has 2 aliphatic rings. The standard InChI is InChI=1S/C22H28N4O3/c1-28-17-6-7-20(29-2)15(11-17)12-21(27)26-10-4-3-5-19(26)22-24-14-16-13-23-9-8-18(16)25-22/h6-7,11,14,19,23H,3-5,8-10,12-13H2,1-2H3/t19-/m1/s1. The molecule has 1 N–H and O–H groups in total. The van der Waals surface area contributed by atoms with Crippen molar-refractivity contribution in [3.63, 3.8) is 0 Å². The number of benzene rings is 1. The summed E-state index contributed by atoms with van der Waals surface area (Å²) >= 11 is 0. The number of aromatic nitrogens is 2. The number of hydrogen-bond acceptors (Lipinski definition) is 6. The van der Waals surface area contributed by atoms with E-state index in [1.54, 1.807) is 14.2 Å². The topological polar surface area (TPSA) is 76.6 Å². The Kier molecular flexibility index (Phi) is 5.94. The molecule has 154 valence electrons. The molecule has 1 aromatic heterocycles. The van der Waals surface area contributed by atoms with Gasteiger partial charge in [0.25, 0.3) is 0 Å². The smallest absolute Gasteiger partial charge is 0.227 e. The van der Waals surface area contributed by atoms with Gasteiger partial charge in [-0.1, -0.05) is 0 Å². The van der Waals surface area contributed by atoms with Gasteiger partial charge in [-0.25, -0.2) is 9.97 Å². The third-order valence-corrected chi connectivity index (χ3v) is 5.78. The highest BCUT2D eigenvalue weighted by Crippen LogP contribution is 2.31. The average molecular weight is 396 g/mol. The van der Waals surface area contributed by atoms with Crippen molar-refractivity contribution < 1.29 is 14.3 Å². The Morgan fingerprint density at radius 1 is 1.28 bits per heavy atom. The van der Waals surface area contributed by atoms with Gasteiger partial charge in [0.1, 0.15) is 11.5 Å². The van der Waals surface area contributed by atoms with E-state index in [0.717, 1.165) is 73.7 Å². The van der Waals surface area contributed by atoms with Crippen LogP contribution in [0.3, 0.4) is 0 Å².